The van der Waals surface area contributed by atoms with Crippen LogP contribution in [0.3, 0.4) is 0 Å². The molecule has 2 amide bonds. The lowest BCUT2D eigenvalue weighted by atomic mass is 9.89. The van der Waals surface area contributed by atoms with Crippen LogP contribution in [0, 0.1) is 0 Å². The minimum Gasteiger partial charge on any atom is -0.477 e. The highest BCUT2D eigenvalue weighted by atomic mass is 16.5. The van der Waals surface area contributed by atoms with E-state index in [9.17, 15) is 19.5 Å². The van der Waals surface area contributed by atoms with Crippen LogP contribution in [0.4, 0.5) is 17.5 Å². The van der Waals surface area contributed by atoms with Gasteiger partial charge in [-0.25, -0.2) is 34.7 Å². The number of benzene rings is 2. The van der Waals surface area contributed by atoms with Gasteiger partial charge in [0.15, 0.2) is 16.9 Å². The Morgan fingerprint density at radius 1 is 0.468 bits per heavy atom. The maximum atomic E-state index is 13.4. The van der Waals surface area contributed by atoms with Crippen LogP contribution in [0.15, 0.2) is 171 Å². The zero-order valence-corrected chi connectivity index (χ0v) is 62.8. The Morgan fingerprint density at radius 2 is 0.847 bits per heavy atom. The summed E-state index contributed by atoms with van der Waals surface area (Å²) in [7, 11) is 10.9. The molecule has 20 rings (SSSR count). The maximum absolute atomic E-state index is 13.4. The van der Waals surface area contributed by atoms with Crippen LogP contribution in [-0.4, -0.2) is 174 Å². The van der Waals surface area contributed by atoms with Crippen molar-refractivity contribution in [1.29, 1.82) is 0 Å². The lowest BCUT2D eigenvalue weighted by molar-refractivity contribution is 0.00731. The zero-order chi connectivity index (χ0) is 76.1. The van der Waals surface area contributed by atoms with Crippen molar-refractivity contribution in [1.82, 2.24) is 83.1 Å². The van der Waals surface area contributed by atoms with Crippen molar-refractivity contribution >= 4 is 85.3 Å². The molecule has 0 bridgehead atoms. The van der Waals surface area contributed by atoms with E-state index in [1.807, 2.05) is 106 Å². The number of hydrogen-bond acceptors (Lipinski definition) is 19. The summed E-state index contributed by atoms with van der Waals surface area (Å²) in [6.07, 6.45) is 29.9. The molecule has 6 N–H and O–H groups in total. The molecule has 0 aliphatic heterocycles. The number of carboxylic acid groups (broad SMARTS) is 1. The van der Waals surface area contributed by atoms with E-state index in [1.54, 1.807) is 53.5 Å². The number of aromatic carboxylic acids is 1. The number of carbonyl (C=O) groups excluding carboxylic acids is 2. The summed E-state index contributed by atoms with van der Waals surface area (Å²) in [4.78, 5) is 71.2. The number of fused-ring (bicyclic) bond motifs is 6. The summed E-state index contributed by atoms with van der Waals surface area (Å²) in [5.41, 5.74) is 18.3. The van der Waals surface area contributed by atoms with Gasteiger partial charge >= 0.3 is 5.97 Å². The monoisotopic (exact) mass is 1490 g/mol. The van der Waals surface area contributed by atoms with Crippen LogP contribution in [0.2, 0.25) is 0 Å². The normalized spacial score (nSPS) is 19.1. The van der Waals surface area contributed by atoms with Gasteiger partial charge in [-0.05, 0) is 125 Å². The minimum absolute atomic E-state index is 0.00319. The number of ether oxygens (including phenoxy) is 3. The number of nitrogens with two attached hydrogens (primary N) is 1. The topological polar surface area (TPSA) is 312 Å². The molecular formula is C83H89N21O7. The number of anilines is 3. The Hall–Kier alpha value is -12.0. The minimum atomic E-state index is -1.05. The lowest BCUT2D eigenvalue weighted by Crippen LogP contribution is -2.51. The van der Waals surface area contributed by atoms with Gasteiger partial charge in [-0.2, -0.15) is 28.8 Å². The highest BCUT2D eigenvalue weighted by Gasteiger charge is 2.37. The predicted octanol–water partition coefficient (Wildman–Crippen LogP) is 12.2. The summed E-state index contributed by atoms with van der Waals surface area (Å²) < 4.78 is 27.7. The van der Waals surface area contributed by atoms with Crippen molar-refractivity contribution in [2.45, 2.75) is 145 Å². The highest BCUT2D eigenvalue weighted by molar-refractivity contribution is 6.03. The average Bonchev–Trinajstić information content (AvgIpc) is 1.65. The number of methoxy groups -OCH3 is 3. The fourth-order valence-electron chi connectivity index (χ4n) is 15.2. The van der Waals surface area contributed by atoms with Crippen molar-refractivity contribution in [3.63, 3.8) is 0 Å². The fourth-order valence-corrected chi connectivity index (χ4v) is 15.2. The molecule has 2 aromatic carbocycles. The van der Waals surface area contributed by atoms with Crippen molar-refractivity contribution in [3.05, 3.63) is 199 Å². The standard InChI is InChI=1S/C30H31N7O2.C25H22N6O2.C23H25N7O2.C5H11NO/c1-35(17-19-7-4-3-5-8-19)27-15-25(23-18-36(20-10-11-20)28-21(23)9-6-14-31-28)33-29-22(16-32-37(27)29)30(38)34-24-12-13-26(24)39-2;1-29(14-16-6-3-2-4-7-16)22-12-21(28-24-19(25(32)33)13-27-31(22)24)20-15-30(17-9-10-17)23-18(20)8-5-11-26-23;1-24-20-10-18(16-12-29(13-5-6-13)21-14(16)4-3-9-25-21)27-22-15(11-26-30(20)22)23(31)28-17-7-8-19(17)32-2;1-7-5-3-2-4(5)6/h3-9,14-16,18,20,24,26H,10-13,17H2,1-2H3,(H,34,38);2-8,11-13,15,17H,9-10,14H2,1H3,(H,32,33);3-4,9-13,17,19,24H,5-8H2,1-2H3,(H,28,31);4-5H,2-3,6H2,1H3/t24?,26-;;17?,19-;4?,5-/m0.00/s1. The van der Waals surface area contributed by atoms with Crippen molar-refractivity contribution in [2.75, 3.05) is 57.6 Å². The van der Waals surface area contributed by atoms with Crippen molar-refractivity contribution in [2.24, 2.45) is 5.73 Å². The third kappa shape index (κ3) is 14.2. The smallest absolute Gasteiger partial charge is 0.341 e. The molecule has 6 aliphatic rings. The van der Waals surface area contributed by atoms with Gasteiger partial charge in [0.05, 0.1) is 66.1 Å². The third-order valence-corrected chi connectivity index (χ3v) is 22.3. The van der Waals surface area contributed by atoms with Gasteiger partial charge in [0, 0.05) is 168 Å². The van der Waals surface area contributed by atoms with Gasteiger partial charge in [0.25, 0.3) is 11.8 Å². The van der Waals surface area contributed by atoms with Crippen LogP contribution in [0.1, 0.15) is 137 Å². The largest absolute Gasteiger partial charge is 0.477 e. The Morgan fingerprint density at radius 3 is 1.19 bits per heavy atom. The van der Waals surface area contributed by atoms with Gasteiger partial charge in [-0.1, -0.05) is 60.7 Å². The Bertz CT molecular complexity index is 5770. The highest BCUT2D eigenvalue weighted by Crippen LogP contribution is 2.45. The summed E-state index contributed by atoms with van der Waals surface area (Å²) in [6.45, 7) is 1.33. The molecule has 6 fully saturated rings. The first-order valence-electron chi connectivity index (χ1n) is 38.1. The molecule has 568 valence electrons. The van der Waals surface area contributed by atoms with E-state index in [2.05, 4.69) is 126 Å². The second-order valence-electron chi connectivity index (χ2n) is 29.7. The molecule has 12 heterocycles. The van der Waals surface area contributed by atoms with E-state index in [0.29, 0.717) is 77.1 Å². The summed E-state index contributed by atoms with van der Waals surface area (Å²) >= 11 is 0. The maximum Gasteiger partial charge on any atom is 0.341 e. The fraction of sp³-hybridized carbons (Fsp3) is 0.349. The molecule has 6 aliphatic carbocycles. The number of pyridine rings is 3. The second kappa shape index (κ2) is 30.5. The lowest BCUT2D eigenvalue weighted by Gasteiger charge is -2.35. The van der Waals surface area contributed by atoms with Gasteiger partial charge < -0.3 is 64.5 Å². The first kappa shape index (κ1) is 71.9. The molecule has 0 spiro atoms. The van der Waals surface area contributed by atoms with Gasteiger partial charge in [-0.3, -0.25) is 9.59 Å². The number of aromatic nitrogens is 15. The summed E-state index contributed by atoms with van der Waals surface area (Å²) in [5, 5.41) is 35.7. The van der Waals surface area contributed by atoms with Crippen LogP contribution >= 0.6 is 0 Å². The Kier molecular flexibility index (Phi) is 19.7. The third-order valence-electron chi connectivity index (χ3n) is 22.3. The molecule has 12 aromatic heterocycles. The number of amides is 2. The van der Waals surface area contributed by atoms with E-state index in [0.717, 1.165) is 148 Å². The Balaban J connectivity index is 0.000000116. The summed E-state index contributed by atoms with van der Waals surface area (Å²) in [5.74, 6) is 0.975. The number of carbonyl (C=O) groups is 3. The molecule has 28 heteroatoms. The van der Waals surface area contributed by atoms with E-state index in [-0.39, 0.29) is 41.7 Å². The molecular weight excluding hydrogens is 1400 g/mol. The molecule has 28 nitrogen and oxygen atoms in total. The van der Waals surface area contributed by atoms with E-state index in [1.165, 1.54) is 24.6 Å². The van der Waals surface area contributed by atoms with Gasteiger partial charge in [0.2, 0.25) is 0 Å². The SMILES string of the molecule is CN(Cc1ccccc1)c1cc(-c2cn(C3CC3)c3ncccc23)nc2c(C(=O)O)cnn12.CNc1cc(-c2cn(C3CC3)c3ncccc23)nc2c(C(=O)NC3CC[C@@H]3OC)cnn12.CO[C@H]1CCC1N.CO[C@H]1CCC1NC(=O)c1cnn2c(N(C)Cc3ccccc3)cc(-c3cn(C4CC4)c4ncccc34)nc12. The second-order valence-corrected chi connectivity index (χ2v) is 29.7. The van der Waals surface area contributed by atoms with E-state index in [4.69, 9.17) is 39.9 Å². The number of nitrogens with one attached hydrogen (secondary N) is 3. The van der Waals surface area contributed by atoms with Crippen LogP contribution in [0.25, 0.3) is 83.8 Å². The molecule has 6 saturated carbocycles. The summed E-state index contributed by atoms with van der Waals surface area (Å²) in [6, 6.07) is 40.3. The first-order chi connectivity index (χ1) is 54.2. The molecule has 3 unspecified atom stereocenters. The molecule has 0 radical (unpaired) electrons. The molecule has 14 aromatic rings. The zero-order valence-electron chi connectivity index (χ0n) is 62.8. The van der Waals surface area contributed by atoms with Crippen molar-refractivity contribution in [3.8, 4) is 33.8 Å². The average molecular weight is 1490 g/mol. The van der Waals surface area contributed by atoms with Crippen molar-refractivity contribution < 1.29 is 33.7 Å². The quantitative estimate of drug-likeness (QED) is 0.0446. The van der Waals surface area contributed by atoms with Gasteiger partial charge in [0.1, 0.15) is 51.1 Å². The number of rotatable bonds is 21. The molecule has 111 heavy (non-hydrogen) atoms. The molecule has 0 saturated heterocycles. The van der Waals surface area contributed by atoms with Crippen LogP contribution < -0.4 is 31.5 Å². The Labute approximate surface area is 639 Å². The van der Waals surface area contributed by atoms with Crippen LogP contribution in [0.5, 0.6) is 0 Å². The van der Waals surface area contributed by atoms with Gasteiger partial charge in [-0.15, -0.1) is 0 Å². The van der Waals surface area contributed by atoms with E-state index < -0.39 is 5.97 Å². The van der Waals surface area contributed by atoms with E-state index >= 15 is 0 Å². The number of hydrogen-bond donors (Lipinski definition) is 5. The first-order valence-corrected chi connectivity index (χ1v) is 38.1. The predicted molar refractivity (Wildman–Crippen MR) is 424 cm³/mol. The van der Waals surface area contributed by atoms with Crippen LogP contribution in [-0.2, 0) is 27.3 Å². The molecule has 6 atom stereocenters. The number of nitrogens with zero attached hydrogens (tertiary/aromatic N) is 17. The number of carboxylic acids is 1.